The molecule has 1 saturated heterocycles. The van der Waals surface area contributed by atoms with Gasteiger partial charge in [0.15, 0.2) is 0 Å². The van der Waals surface area contributed by atoms with Gasteiger partial charge in [0.25, 0.3) is 0 Å². The minimum Gasteiger partial charge on any atom is -0.391 e. The highest BCUT2D eigenvalue weighted by Gasteiger charge is 2.50. The standard InChI is InChI=1S/C8H15ClO6/c9-1-2-14-8(4-10)7(13)6(12)5(11)3-15-8/h5-7,10-13H,1-4H2/t5?,6?,7?,8-/m1/s1. The van der Waals surface area contributed by atoms with Crippen molar-refractivity contribution in [1.29, 1.82) is 0 Å². The Morgan fingerprint density at radius 2 is 2.07 bits per heavy atom. The van der Waals surface area contributed by atoms with E-state index in [9.17, 15) is 15.3 Å². The zero-order valence-corrected chi connectivity index (χ0v) is 8.80. The molecule has 0 amide bonds. The Hall–Kier alpha value is 0.0500. The molecule has 0 aromatic rings. The van der Waals surface area contributed by atoms with Crippen molar-refractivity contribution >= 4 is 11.6 Å². The largest absolute Gasteiger partial charge is 0.391 e. The third-order valence-electron chi connectivity index (χ3n) is 2.31. The average molecular weight is 243 g/mol. The van der Waals surface area contributed by atoms with Crippen LogP contribution >= 0.6 is 11.6 Å². The molecule has 0 saturated carbocycles. The number of halogens is 1. The van der Waals surface area contributed by atoms with Gasteiger partial charge in [-0.05, 0) is 0 Å². The van der Waals surface area contributed by atoms with Crippen LogP contribution < -0.4 is 0 Å². The first kappa shape index (κ1) is 13.1. The van der Waals surface area contributed by atoms with Crippen LogP contribution in [0.1, 0.15) is 0 Å². The molecular weight excluding hydrogens is 228 g/mol. The number of ether oxygens (including phenoxy) is 2. The van der Waals surface area contributed by atoms with E-state index >= 15 is 0 Å². The van der Waals surface area contributed by atoms with E-state index in [1.165, 1.54) is 0 Å². The minimum atomic E-state index is -1.70. The highest BCUT2D eigenvalue weighted by molar-refractivity contribution is 6.17. The molecule has 4 atom stereocenters. The fraction of sp³-hybridized carbons (Fsp3) is 1.00. The van der Waals surface area contributed by atoms with E-state index in [0.29, 0.717) is 0 Å². The summed E-state index contributed by atoms with van der Waals surface area (Å²) >= 11 is 5.40. The Balaban J connectivity index is 2.71. The Labute approximate surface area is 92.0 Å². The van der Waals surface area contributed by atoms with Crippen molar-refractivity contribution in [3.05, 3.63) is 0 Å². The van der Waals surface area contributed by atoms with Crippen molar-refractivity contribution in [3.63, 3.8) is 0 Å². The lowest BCUT2D eigenvalue weighted by Crippen LogP contribution is -2.63. The summed E-state index contributed by atoms with van der Waals surface area (Å²) in [7, 11) is 0. The predicted molar refractivity (Wildman–Crippen MR) is 50.5 cm³/mol. The molecule has 0 radical (unpaired) electrons. The summed E-state index contributed by atoms with van der Waals surface area (Å²) < 4.78 is 10.1. The molecule has 6 nitrogen and oxygen atoms in total. The van der Waals surface area contributed by atoms with E-state index in [1.54, 1.807) is 0 Å². The second kappa shape index (κ2) is 5.40. The first-order valence-electron chi connectivity index (χ1n) is 4.56. The van der Waals surface area contributed by atoms with Gasteiger partial charge in [-0.1, -0.05) is 0 Å². The van der Waals surface area contributed by atoms with Crippen molar-refractivity contribution in [2.75, 3.05) is 25.7 Å². The highest BCUT2D eigenvalue weighted by Crippen LogP contribution is 2.27. The topological polar surface area (TPSA) is 99.4 Å². The quantitative estimate of drug-likeness (QED) is 0.428. The number of hydrogen-bond acceptors (Lipinski definition) is 6. The third-order valence-corrected chi connectivity index (χ3v) is 2.46. The molecule has 90 valence electrons. The molecule has 15 heavy (non-hydrogen) atoms. The van der Waals surface area contributed by atoms with E-state index in [4.69, 9.17) is 26.2 Å². The van der Waals surface area contributed by atoms with Gasteiger partial charge in [-0.25, -0.2) is 0 Å². The summed E-state index contributed by atoms with van der Waals surface area (Å²) in [5, 5.41) is 37.3. The molecule has 7 heteroatoms. The maximum absolute atomic E-state index is 9.62. The van der Waals surface area contributed by atoms with Crippen molar-refractivity contribution in [3.8, 4) is 0 Å². The lowest BCUT2D eigenvalue weighted by Gasteiger charge is -2.43. The van der Waals surface area contributed by atoms with Crippen LogP contribution in [0.25, 0.3) is 0 Å². The van der Waals surface area contributed by atoms with E-state index in [0.717, 1.165) is 0 Å². The summed E-state index contributed by atoms with van der Waals surface area (Å²) in [6.07, 6.45) is -4.13. The zero-order chi connectivity index (χ0) is 11.5. The molecule has 0 aromatic heterocycles. The van der Waals surface area contributed by atoms with E-state index in [1.807, 2.05) is 0 Å². The molecule has 0 aliphatic carbocycles. The molecule has 0 aromatic carbocycles. The van der Waals surface area contributed by atoms with Gasteiger partial charge in [0.1, 0.15) is 24.9 Å². The van der Waals surface area contributed by atoms with Crippen molar-refractivity contribution in [2.45, 2.75) is 24.1 Å². The van der Waals surface area contributed by atoms with Crippen molar-refractivity contribution in [2.24, 2.45) is 0 Å². The molecule has 1 fully saturated rings. The van der Waals surface area contributed by atoms with Crippen LogP contribution in [-0.2, 0) is 9.47 Å². The van der Waals surface area contributed by atoms with Crippen LogP contribution in [0, 0.1) is 0 Å². The van der Waals surface area contributed by atoms with Crippen LogP contribution in [0.4, 0.5) is 0 Å². The number of hydrogen-bond donors (Lipinski definition) is 4. The fourth-order valence-corrected chi connectivity index (χ4v) is 1.48. The normalized spacial score (nSPS) is 41.8. The van der Waals surface area contributed by atoms with E-state index in [2.05, 4.69) is 0 Å². The maximum Gasteiger partial charge on any atom is 0.221 e. The highest BCUT2D eigenvalue weighted by atomic mass is 35.5. The Morgan fingerprint density at radius 1 is 1.40 bits per heavy atom. The minimum absolute atomic E-state index is 0.0575. The SMILES string of the molecule is OC[C@@]1(OCCCl)OCC(O)C(O)C1O. The number of aliphatic hydroxyl groups excluding tert-OH is 4. The van der Waals surface area contributed by atoms with Crippen LogP contribution in [0.5, 0.6) is 0 Å². The van der Waals surface area contributed by atoms with Crippen molar-refractivity contribution in [1.82, 2.24) is 0 Å². The summed E-state index contributed by atoms with van der Waals surface area (Å²) in [6.45, 7) is -0.794. The molecule has 1 aliphatic heterocycles. The predicted octanol–water partition coefficient (Wildman–Crippen LogP) is -1.96. The molecule has 1 aliphatic rings. The van der Waals surface area contributed by atoms with E-state index < -0.39 is 30.7 Å². The zero-order valence-electron chi connectivity index (χ0n) is 8.04. The van der Waals surface area contributed by atoms with Crippen LogP contribution in [0.15, 0.2) is 0 Å². The lowest BCUT2D eigenvalue weighted by atomic mass is 9.97. The maximum atomic E-state index is 9.62. The Morgan fingerprint density at radius 3 is 2.60 bits per heavy atom. The third kappa shape index (κ3) is 2.59. The van der Waals surface area contributed by atoms with Gasteiger partial charge in [-0.2, -0.15) is 0 Å². The number of rotatable bonds is 4. The molecular formula is C8H15ClO6. The molecule has 4 N–H and O–H groups in total. The van der Waals surface area contributed by atoms with Crippen molar-refractivity contribution < 1.29 is 29.9 Å². The first-order valence-corrected chi connectivity index (χ1v) is 5.10. The van der Waals surface area contributed by atoms with Gasteiger partial charge in [-0.3, -0.25) is 0 Å². The van der Waals surface area contributed by atoms with Crippen LogP contribution in [0.3, 0.4) is 0 Å². The molecule has 3 unspecified atom stereocenters. The average Bonchev–Trinajstić information content (AvgIpc) is 2.26. The molecule has 1 rings (SSSR count). The molecule has 1 heterocycles. The molecule has 0 bridgehead atoms. The lowest BCUT2D eigenvalue weighted by molar-refractivity contribution is -0.347. The fourth-order valence-electron chi connectivity index (χ4n) is 1.40. The molecule has 0 spiro atoms. The van der Waals surface area contributed by atoms with Gasteiger partial charge in [0.05, 0.1) is 13.2 Å². The Kier molecular flexibility index (Phi) is 4.72. The monoisotopic (exact) mass is 242 g/mol. The Bertz CT molecular complexity index is 200. The van der Waals surface area contributed by atoms with Gasteiger partial charge in [0.2, 0.25) is 5.79 Å². The van der Waals surface area contributed by atoms with Crippen LogP contribution in [0.2, 0.25) is 0 Å². The van der Waals surface area contributed by atoms with Gasteiger partial charge >= 0.3 is 0 Å². The summed E-state index contributed by atoms with van der Waals surface area (Å²) in [5.74, 6) is -1.54. The van der Waals surface area contributed by atoms with Gasteiger partial charge in [0, 0.05) is 5.88 Å². The summed E-state index contributed by atoms with van der Waals surface area (Å²) in [5.41, 5.74) is 0. The van der Waals surface area contributed by atoms with E-state index in [-0.39, 0.29) is 19.1 Å². The second-order valence-electron chi connectivity index (χ2n) is 3.32. The van der Waals surface area contributed by atoms with Crippen LogP contribution in [-0.4, -0.2) is 70.2 Å². The first-order chi connectivity index (χ1) is 7.07. The number of aliphatic hydroxyl groups is 4. The second-order valence-corrected chi connectivity index (χ2v) is 3.70. The summed E-state index contributed by atoms with van der Waals surface area (Å²) in [4.78, 5) is 0. The smallest absolute Gasteiger partial charge is 0.221 e. The van der Waals surface area contributed by atoms with Gasteiger partial charge < -0.3 is 29.9 Å². The number of alkyl halides is 1. The summed E-state index contributed by atoms with van der Waals surface area (Å²) in [6, 6.07) is 0. The van der Waals surface area contributed by atoms with Gasteiger partial charge in [-0.15, -0.1) is 11.6 Å².